The third kappa shape index (κ3) is 4.47. The van der Waals surface area contributed by atoms with Crippen LogP contribution in [-0.2, 0) is 4.74 Å². The summed E-state index contributed by atoms with van der Waals surface area (Å²) in [6.07, 6.45) is 1.24. The van der Waals surface area contributed by atoms with E-state index < -0.39 is 35.8 Å². The van der Waals surface area contributed by atoms with Crippen molar-refractivity contribution in [2.24, 2.45) is 17.1 Å². The van der Waals surface area contributed by atoms with Crippen LogP contribution in [0.2, 0.25) is 0 Å². The zero-order valence-electron chi connectivity index (χ0n) is 18.1. The molecule has 0 saturated carbocycles. The molecule has 174 valence electrons. The summed E-state index contributed by atoms with van der Waals surface area (Å²) in [5.74, 6) is -1.62. The molecule has 4 N–H and O–H groups in total. The van der Waals surface area contributed by atoms with Crippen LogP contribution >= 0.6 is 0 Å². The van der Waals surface area contributed by atoms with Crippen molar-refractivity contribution in [2.45, 2.75) is 31.8 Å². The number of anilines is 2. The van der Waals surface area contributed by atoms with E-state index in [0.717, 1.165) is 0 Å². The summed E-state index contributed by atoms with van der Waals surface area (Å²) in [6, 6.07) is 6.82. The van der Waals surface area contributed by atoms with E-state index in [1.54, 1.807) is 0 Å². The van der Waals surface area contributed by atoms with Gasteiger partial charge in [0, 0.05) is 23.8 Å². The SMILES string of the molecule is CC1(CC2[C@@H](C#N)[C@H](n3cc(C(N)=O)c(Nc4ccc(F)cc4)n3)CCN2C(=O)O)COC1. The Morgan fingerprint density at radius 1 is 1.39 bits per heavy atom. The minimum atomic E-state index is -1.07. The van der Waals surface area contributed by atoms with Gasteiger partial charge in [0.15, 0.2) is 5.82 Å². The lowest BCUT2D eigenvalue weighted by Crippen LogP contribution is -2.55. The van der Waals surface area contributed by atoms with E-state index in [4.69, 9.17) is 10.5 Å². The molecule has 2 saturated heterocycles. The van der Waals surface area contributed by atoms with E-state index in [2.05, 4.69) is 16.5 Å². The summed E-state index contributed by atoms with van der Waals surface area (Å²) in [5.41, 5.74) is 5.97. The van der Waals surface area contributed by atoms with Gasteiger partial charge in [-0.05, 0) is 37.1 Å². The van der Waals surface area contributed by atoms with E-state index in [-0.39, 0.29) is 23.3 Å². The predicted octanol–water partition coefficient (Wildman–Crippen LogP) is 2.72. The molecule has 3 atom stereocenters. The number of carbonyl (C=O) groups excluding carboxylic acids is 1. The molecule has 2 aliphatic rings. The van der Waals surface area contributed by atoms with Crippen molar-refractivity contribution >= 4 is 23.5 Å². The van der Waals surface area contributed by atoms with Gasteiger partial charge in [-0.1, -0.05) is 6.92 Å². The summed E-state index contributed by atoms with van der Waals surface area (Å²) in [6.45, 7) is 3.27. The van der Waals surface area contributed by atoms with Crippen LogP contribution in [0.25, 0.3) is 0 Å². The van der Waals surface area contributed by atoms with Crippen LogP contribution in [0, 0.1) is 28.5 Å². The number of primary amides is 1. The zero-order chi connectivity index (χ0) is 23.8. The highest BCUT2D eigenvalue weighted by molar-refractivity contribution is 5.98. The molecule has 0 spiro atoms. The van der Waals surface area contributed by atoms with Crippen LogP contribution in [-0.4, -0.2) is 57.6 Å². The summed E-state index contributed by atoms with van der Waals surface area (Å²) < 4.78 is 20.1. The van der Waals surface area contributed by atoms with Gasteiger partial charge in [-0.2, -0.15) is 10.4 Å². The quantitative estimate of drug-likeness (QED) is 0.605. The Morgan fingerprint density at radius 2 is 2.09 bits per heavy atom. The van der Waals surface area contributed by atoms with Crippen molar-refractivity contribution in [2.75, 3.05) is 25.1 Å². The molecule has 3 heterocycles. The van der Waals surface area contributed by atoms with Gasteiger partial charge in [-0.3, -0.25) is 9.48 Å². The first-order valence-electron chi connectivity index (χ1n) is 10.6. The molecule has 2 aromatic rings. The lowest BCUT2D eigenvalue weighted by atomic mass is 9.74. The van der Waals surface area contributed by atoms with E-state index in [1.165, 1.54) is 40.0 Å². The molecule has 4 rings (SSSR count). The van der Waals surface area contributed by atoms with E-state index >= 15 is 0 Å². The first-order valence-corrected chi connectivity index (χ1v) is 10.6. The second-order valence-corrected chi connectivity index (χ2v) is 8.93. The number of hydrogen-bond acceptors (Lipinski definition) is 6. The number of carboxylic acid groups (broad SMARTS) is 1. The highest BCUT2D eigenvalue weighted by Gasteiger charge is 2.47. The van der Waals surface area contributed by atoms with Crippen LogP contribution in [0.15, 0.2) is 30.5 Å². The number of likely N-dealkylation sites (tertiary alicyclic amines) is 1. The van der Waals surface area contributed by atoms with Gasteiger partial charge in [-0.25, -0.2) is 9.18 Å². The summed E-state index contributed by atoms with van der Waals surface area (Å²) >= 11 is 0. The maximum atomic E-state index is 13.2. The molecule has 33 heavy (non-hydrogen) atoms. The monoisotopic (exact) mass is 456 g/mol. The lowest BCUT2D eigenvalue weighted by Gasteiger charge is -2.47. The van der Waals surface area contributed by atoms with Crippen molar-refractivity contribution in [1.82, 2.24) is 14.7 Å². The number of halogens is 1. The highest BCUT2D eigenvalue weighted by Crippen LogP contribution is 2.41. The molecule has 10 nitrogen and oxygen atoms in total. The van der Waals surface area contributed by atoms with E-state index in [0.29, 0.717) is 31.7 Å². The number of aromatic nitrogens is 2. The lowest BCUT2D eigenvalue weighted by molar-refractivity contribution is -0.120. The number of nitrogens with one attached hydrogen (secondary N) is 1. The first kappa shape index (κ1) is 22.5. The molecule has 1 aromatic carbocycles. The fraction of sp³-hybridized carbons (Fsp3) is 0.455. The van der Waals surface area contributed by atoms with E-state index in [9.17, 15) is 24.3 Å². The number of nitrogens with two attached hydrogens (primary N) is 1. The normalized spacial score (nSPS) is 23.9. The number of carbonyl (C=O) groups is 2. The summed E-state index contributed by atoms with van der Waals surface area (Å²) in [5, 5.41) is 27.2. The molecule has 1 unspecified atom stereocenters. The molecule has 0 radical (unpaired) electrons. The Hall–Kier alpha value is -3.65. The van der Waals surface area contributed by atoms with Crippen molar-refractivity contribution in [1.29, 1.82) is 5.26 Å². The van der Waals surface area contributed by atoms with Crippen molar-refractivity contribution < 1.29 is 23.8 Å². The smallest absolute Gasteiger partial charge is 0.407 e. The van der Waals surface area contributed by atoms with Crippen molar-refractivity contribution in [3.8, 4) is 6.07 Å². The molecule has 2 aliphatic heterocycles. The van der Waals surface area contributed by atoms with Gasteiger partial charge in [0.05, 0.1) is 37.3 Å². The topological polar surface area (TPSA) is 146 Å². The first-order chi connectivity index (χ1) is 15.7. The highest BCUT2D eigenvalue weighted by atomic mass is 19.1. The van der Waals surface area contributed by atoms with Gasteiger partial charge in [0.2, 0.25) is 0 Å². The Bertz CT molecular complexity index is 1090. The fourth-order valence-electron chi connectivity index (χ4n) is 4.59. The molecule has 11 heteroatoms. The number of rotatable bonds is 6. The summed E-state index contributed by atoms with van der Waals surface area (Å²) in [7, 11) is 0. The molecule has 0 bridgehead atoms. The number of nitriles is 1. The maximum absolute atomic E-state index is 13.2. The second-order valence-electron chi connectivity index (χ2n) is 8.93. The standard InChI is InChI=1S/C22H25FN6O4/c1-22(11-33-12-22)8-18-15(9-24)17(6-7-28(18)21(31)32)29-10-16(19(25)30)20(27-29)26-14-4-2-13(23)3-5-14/h2-5,10,15,17-18H,6-8,11-12H2,1H3,(H2,25,30)(H,26,27)(H,31,32)/t15-,17+,18?/m0/s1. The van der Waals surface area contributed by atoms with Gasteiger partial charge in [-0.15, -0.1) is 0 Å². The molecular weight excluding hydrogens is 431 g/mol. The molecule has 2 fully saturated rings. The fourth-order valence-corrected chi connectivity index (χ4v) is 4.59. The molecule has 2 amide bonds. The average Bonchev–Trinajstić information content (AvgIpc) is 3.17. The molecule has 1 aromatic heterocycles. The average molecular weight is 456 g/mol. The van der Waals surface area contributed by atoms with Crippen LogP contribution in [0.1, 0.15) is 36.2 Å². The van der Waals surface area contributed by atoms with Crippen LogP contribution in [0.3, 0.4) is 0 Å². The Labute approximate surface area is 189 Å². The minimum Gasteiger partial charge on any atom is -0.465 e. The summed E-state index contributed by atoms with van der Waals surface area (Å²) in [4.78, 5) is 25.3. The Morgan fingerprint density at radius 3 is 2.64 bits per heavy atom. The number of benzene rings is 1. The number of ether oxygens (including phenoxy) is 1. The minimum absolute atomic E-state index is 0.118. The van der Waals surface area contributed by atoms with Crippen LogP contribution < -0.4 is 11.1 Å². The number of nitrogens with zero attached hydrogens (tertiary/aromatic N) is 4. The van der Waals surface area contributed by atoms with Gasteiger partial charge >= 0.3 is 6.09 Å². The molecular formula is C22H25FN6O4. The maximum Gasteiger partial charge on any atom is 0.407 e. The second kappa shape index (κ2) is 8.71. The Kier molecular flexibility index (Phi) is 5.95. The predicted molar refractivity (Wildman–Crippen MR) is 115 cm³/mol. The van der Waals surface area contributed by atoms with Gasteiger partial charge in [0.25, 0.3) is 5.91 Å². The number of amides is 2. The zero-order valence-corrected chi connectivity index (χ0v) is 18.1. The van der Waals surface area contributed by atoms with Gasteiger partial charge in [0.1, 0.15) is 11.4 Å². The number of piperidine rings is 1. The third-order valence-corrected chi connectivity index (χ3v) is 6.34. The largest absolute Gasteiger partial charge is 0.465 e. The molecule has 0 aliphatic carbocycles. The third-order valence-electron chi connectivity index (χ3n) is 6.34. The van der Waals surface area contributed by atoms with Crippen molar-refractivity contribution in [3.63, 3.8) is 0 Å². The van der Waals surface area contributed by atoms with E-state index in [1.807, 2.05) is 6.92 Å². The van der Waals surface area contributed by atoms with Crippen LogP contribution in [0.4, 0.5) is 20.7 Å². The van der Waals surface area contributed by atoms with Crippen LogP contribution in [0.5, 0.6) is 0 Å². The Balaban J connectivity index is 1.65. The number of hydrogen-bond donors (Lipinski definition) is 3. The van der Waals surface area contributed by atoms with Gasteiger partial charge < -0.3 is 25.8 Å². The van der Waals surface area contributed by atoms with Crippen molar-refractivity contribution in [3.05, 3.63) is 41.8 Å².